The van der Waals surface area contributed by atoms with E-state index in [2.05, 4.69) is 10.3 Å². The molecular weight excluding hydrogens is 302 g/mol. The number of nitrogens with one attached hydrogen (secondary N) is 1. The van der Waals surface area contributed by atoms with Crippen LogP contribution < -0.4 is 10.1 Å². The van der Waals surface area contributed by atoms with Crippen molar-refractivity contribution in [1.29, 1.82) is 0 Å². The van der Waals surface area contributed by atoms with Gasteiger partial charge < -0.3 is 14.6 Å². The van der Waals surface area contributed by atoms with Gasteiger partial charge in [0.05, 0.1) is 10.2 Å². The first-order valence-electron chi connectivity index (χ1n) is 6.85. The highest BCUT2D eigenvalue weighted by molar-refractivity contribution is 7.16. The van der Waals surface area contributed by atoms with Gasteiger partial charge in [0.1, 0.15) is 12.1 Å². The van der Waals surface area contributed by atoms with Crippen molar-refractivity contribution in [1.82, 2.24) is 9.88 Å². The molecule has 1 aromatic heterocycles. The van der Waals surface area contributed by atoms with Gasteiger partial charge in [-0.1, -0.05) is 23.5 Å². The first-order chi connectivity index (χ1) is 10.3. The highest BCUT2D eigenvalue weighted by atomic mass is 32.1. The van der Waals surface area contributed by atoms with E-state index in [1.165, 1.54) is 11.3 Å². The van der Waals surface area contributed by atoms with Crippen LogP contribution >= 0.6 is 11.3 Å². The number of alkyl carbamates (subject to hydrolysis) is 1. The molecule has 0 bridgehead atoms. The van der Waals surface area contributed by atoms with Crippen molar-refractivity contribution >= 4 is 33.6 Å². The van der Waals surface area contributed by atoms with Gasteiger partial charge in [0.25, 0.3) is 5.91 Å². The Bertz CT molecular complexity index is 768. The maximum atomic E-state index is 11.9. The summed E-state index contributed by atoms with van der Waals surface area (Å²) in [7, 11) is 1.85. The molecule has 6 nitrogen and oxygen atoms in total. The van der Waals surface area contributed by atoms with Crippen LogP contribution in [0.25, 0.3) is 10.2 Å². The van der Waals surface area contributed by atoms with Crippen LogP contribution in [0.1, 0.15) is 20.8 Å². The Morgan fingerprint density at radius 1 is 1.32 bits per heavy atom. The van der Waals surface area contributed by atoms with Crippen LogP contribution in [0.15, 0.2) is 29.3 Å². The first-order valence-corrected chi connectivity index (χ1v) is 7.67. The third-order valence-corrected chi connectivity index (χ3v) is 3.83. The molecule has 1 heterocycles. The topological polar surface area (TPSA) is 72.7 Å². The molecule has 0 atom stereocenters. The van der Waals surface area contributed by atoms with Crippen LogP contribution in [0.3, 0.4) is 0 Å². The molecule has 0 unspecified atom stereocenters. The third-order valence-electron chi connectivity index (χ3n) is 2.72. The molecule has 0 saturated carbocycles. The predicted molar refractivity (Wildman–Crippen MR) is 85.6 cm³/mol. The van der Waals surface area contributed by atoms with Crippen LogP contribution in [0.4, 0.5) is 4.79 Å². The monoisotopic (exact) mass is 321 g/mol. The Balaban J connectivity index is 2.07. The van der Waals surface area contributed by atoms with E-state index >= 15 is 0 Å². The second-order valence-electron chi connectivity index (χ2n) is 5.77. The Hall–Kier alpha value is -2.15. The lowest BCUT2D eigenvalue weighted by Gasteiger charge is -2.19. The number of rotatable bonds is 2. The van der Waals surface area contributed by atoms with Gasteiger partial charge in [-0.05, 0) is 32.9 Å². The molecule has 118 valence electrons. The van der Waals surface area contributed by atoms with E-state index in [-0.39, 0.29) is 6.54 Å². The van der Waals surface area contributed by atoms with Crippen LogP contribution in [-0.4, -0.2) is 28.7 Å². The highest BCUT2D eigenvalue weighted by Crippen LogP contribution is 2.15. The molecule has 0 fully saturated rings. The summed E-state index contributed by atoms with van der Waals surface area (Å²) >= 11 is 1.43. The number of fused-ring (bicyclic) bond motifs is 1. The molecule has 2 amide bonds. The van der Waals surface area contributed by atoms with Crippen molar-refractivity contribution in [3.8, 4) is 0 Å². The molecular formula is C15H19N3O3S. The maximum Gasteiger partial charge on any atom is 0.408 e. The summed E-state index contributed by atoms with van der Waals surface area (Å²) in [6.07, 6.45) is -0.628. The highest BCUT2D eigenvalue weighted by Gasteiger charge is 2.16. The number of ether oxygens (including phenoxy) is 1. The second kappa shape index (κ2) is 6.31. The van der Waals surface area contributed by atoms with E-state index in [0.29, 0.717) is 4.80 Å². The van der Waals surface area contributed by atoms with E-state index < -0.39 is 17.6 Å². The van der Waals surface area contributed by atoms with Gasteiger partial charge in [0.2, 0.25) is 0 Å². The molecule has 7 heteroatoms. The molecule has 0 radical (unpaired) electrons. The molecule has 2 aromatic rings. The summed E-state index contributed by atoms with van der Waals surface area (Å²) in [6, 6.07) is 7.82. The van der Waals surface area contributed by atoms with Gasteiger partial charge in [-0.25, -0.2) is 4.79 Å². The number of hydrogen-bond acceptors (Lipinski definition) is 4. The van der Waals surface area contributed by atoms with Crippen LogP contribution in [0.5, 0.6) is 0 Å². The van der Waals surface area contributed by atoms with Gasteiger partial charge in [-0.3, -0.25) is 4.79 Å². The number of benzene rings is 1. The average Bonchev–Trinajstić information content (AvgIpc) is 2.72. The number of carbonyl (C=O) groups is 2. The minimum absolute atomic E-state index is 0.191. The third kappa shape index (κ3) is 4.17. The molecule has 0 saturated heterocycles. The van der Waals surface area contributed by atoms with Crippen molar-refractivity contribution in [2.24, 2.45) is 12.0 Å². The number of hydrogen-bond donors (Lipinski definition) is 1. The number of thiazole rings is 1. The van der Waals surface area contributed by atoms with Crippen molar-refractivity contribution in [2.75, 3.05) is 6.54 Å². The zero-order valence-electron chi connectivity index (χ0n) is 13.0. The number of carbonyl (C=O) groups excluding carboxylic acids is 2. The quantitative estimate of drug-likeness (QED) is 0.921. The Morgan fingerprint density at radius 2 is 2.00 bits per heavy atom. The van der Waals surface area contributed by atoms with Crippen molar-refractivity contribution < 1.29 is 14.3 Å². The van der Waals surface area contributed by atoms with E-state index in [1.54, 1.807) is 20.8 Å². The molecule has 0 aliphatic heterocycles. The van der Waals surface area contributed by atoms with Crippen molar-refractivity contribution in [3.05, 3.63) is 29.1 Å². The zero-order chi connectivity index (χ0) is 16.3. The normalized spacial score (nSPS) is 12.5. The molecule has 1 aromatic carbocycles. The van der Waals surface area contributed by atoms with Crippen LogP contribution in [0, 0.1) is 0 Å². The first kappa shape index (κ1) is 16.2. The van der Waals surface area contributed by atoms with Gasteiger partial charge in [0.15, 0.2) is 4.80 Å². The molecule has 2 rings (SSSR count). The SMILES string of the molecule is Cn1c(=NC(=O)CNC(=O)OC(C)(C)C)sc2ccccc21. The number of nitrogens with zero attached hydrogens (tertiary/aromatic N) is 2. The fraction of sp³-hybridized carbons (Fsp3) is 0.400. The van der Waals surface area contributed by atoms with Crippen LogP contribution in [0.2, 0.25) is 0 Å². The molecule has 0 aliphatic rings. The van der Waals surface area contributed by atoms with E-state index in [4.69, 9.17) is 4.74 Å². The summed E-state index contributed by atoms with van der Waals surface area (Å²) in [5.41, 5.74) is 0.418. The van der Waals surface area contributed by atoms with Gasteiger partial charge in [0, 0.05) is 7.05 Å². The average molecular weight is 321 g/mol. The molecule has 1 N–H and O–H groups in total. The predicted octanol–water partition coefficient (Wildman–Crippen LogP) is 2.19. The summed E-state index contributed by atoms with van der Waals surface area (Å²) < 4.78 is 7.97. The van der Waals surface area contributed by atoms with Crippen molar-refractivity contribution in [3.63, 3.8) is 0 Å². The summed E-state index contributed by atoms with van der Waals surface area (Å²) in [6.45, 7) is 5.09. The van der Waals surface area contributed by atoms with E-state index in [1.807, 2.05) is 35.9 Å². The minimum Gasteiger partial charge on any atom is -0.444 e. The fourth-order valence-electron chi connectivity index (χ4n) is 1.80. The minimum atomic E-state index is -0.628. The van der Waals surface area contributed by atoms with Gasteiger partial charge in [-0.2, -0.15) is 4.99 Å². The molecule has 0 spiro atoms. The largest absolute Gasteiger partial charge is 0.444 e. The zero-order valence-corrected chi connectivity index (χ0v) is 13.9. The van der Waals surface area contributed by atoms with Crippen molar-refractivity contribution in [2.45, 2.75) is 26.4 Å². The number of aryl methyl sites for hydroxylation is 1. The van der Waals surface area contributed by atoms with E-state index in [0.717, 1.165) is 10.2 Å². The summed E-state index contributed by atoms with van der Waals surface area (Å²) in [4.78, 5) is 28.0. The van der Waals surface area contributed by atoms with Gasteiger partial charge in [-0.15, -0.1) is 0 Å². The standard InChI is InChI=1S/C15H19N3O3S/c1-15(2,3)21-14(20)16-9-12(19)17-13-18(4)10-7-5-6-8-11(10)22-13/h5-8H,9H2,1-4H3,(H,16,20). The second-order valence-corrected chi connectivity index (χ2v) is 6.78. The van der Waals surface area contributed by atoms with Gasteiger partial charge >= 0.3 is 6.09 Å². The summed E-state index contributed by atoms with van der Waals surface area (Å²) in [5, 5.41) is 2.40. The van der Waals surface area contributed by atoms with E-state index in [9.17, 15) is 9.59 Å². The molecule has 22 heavy (non-hydrogen) atoms. The van der Waals surface area contributed by atoms with Crippen LogP contribution in [-0.2, 0) is 16.6 Å². The Morgan fingerprint density at radius 3 is 2.64 bits per heavy atom. The Kier molecular flexibility index (Phi) is 4.65. The number of aromatic nitrogens is 1. The number of para-hydroxylation sites is 1. The lowest BCUT2D eigenvalue weighted by molar-refractivity contribution is -0.117. The lowest BCUT2D eigenvalue weighted by Crippen LogP contribution is -2.35. The number of amides is 2. The molecule has 0 aliphatic carbocycles. The summed E-state index contributed by atoms with van der Waals surface area (Å²) in [5.74, 6) is -0.423. The fourth-order valence-corrected chi connectivity index (χ4v) is 2.83. The maximum absolute atomic E-state index is 11.9. The smallest absolute Gasteiger partial charge is 0.408 e. The lowest BCUT2D eigenvalue weighted by atomic mass is 10.2. The Labute approximate surface area is 132 Å².